The lowest BCUT2D eigenvalue weighted by molar-refractivity contribution is -0.128. The molecule has 2 saturated heterocycles. The van der Waals surface area contributed by atoms with Crippen LogP contribution >= 0.6 is 11.8 Å². The summed E-state index contributed by atoms with van der Waals surface area (Å²) < 4.78 is 5.22. The molecule has 2 heterocycles. The van der Waals surface area contributed by atoms with Crippen LogP contribution in [0.15, 0.2) is 29.2 Å². The van der Waals surface area contributed by atoms with E-state index in [4.69, 9.17) is 4.74 Å². The Bertz CT molecular complexity index is 509. The summed E-state index contributed by atoms with van der Waals surface area (Å²) in [6, 6.07) is 7.90. The molecule has 2 aliphatic heterocycles. The van der Waals surface area contributed by atoms with Gasteiger partial charge >= 0.3 is 0 Å². The Morgan fingerprint density at radius 2 is 2.05 bits per heavy atom. The van der Waals surface area contributed by atoms with Crippen LogP contribution in [-0.4, -0.2) is 49.8 Å². The van der Waals surface area contributed by atoms with E-state index in [-0.39, 0.29) is 5.91 Å². The number of carbonyl (C=O) groups excluding carboxylic acids is 1. The van der Waals surface area contributed by atoms with Crippen molar-refractivity contribution in [2.75, 3.05) is 39.0 Å². The molecular formula is C17H24N2O2S. The van der Waals surface area contributed by atoms with Gasteiger partial charge in [-0.25, -0.2) is 0 Å². The Balaban J connectivity index is 1.51. The molecule has 5 heteroatoms. The Labute approximate surface area is 136 Å². The molecule has 22 heavy (non-hydrogen) atoms. The zero-order valence-corrected chi connectivity index (χ0v) is 13.9. The molecule has 2 fully saturated rings. The maximum absolute atomic E-state index is 12.5. The monoisotopic (exact) mass is 320 g/mol. The highest BCUT2D eigenvalue weighted by Gasteiger charge is 2.31. The molecule has 0 spiro atoms. The van der Waals surface area contributed by atoms with Crippen LogP contribution in [0, 0.1) is 11.8 Å². The molecule has 1 aromatic rings. The predicted octanol–water partition coefficient (Wildman–Crippen LogP) is 2.25. The molecular weight excluding hydrogens is 296 g/mol. The van der Waals surface area contributed by atoms with Gasteiger partial charge in [0.1, 0.15) is 5.75 Å². The van der Waals surface area contributed by atoms with E-state index in [0.717, 1.165) is 61.5 Å². The second-order valence-corrected chi connectivity index (χ2v) is 7.15. The first-order valence-electron chi connectivity index (χ1n) is 8.01. The van der Waals surface area contributed by atoms with E-state index in [9.17, 15) is 4.79 Å². The second kappa shape index (κ2) is 7.38. The average molecular weight is 320 g/mol. The molecule has 2 atom stereocenters. The Kier molecular flexibility index (Phi) is 5.26. The summed E-state index contributed by atoms with van der Waals surface area (Å²) in [4.78, 5) is 15.6. The van der Waals surface area contributed by atoms with Crippen molar-refractivity contribution in [2.24, 2.45) is 11.8 Å². The van der Waals surface area contributed by atoms with Crippen molar-refractivity contribution < 1.29 is 9.53 Å². The van der Waals surface area contributed by atoms with Gasteiger partial charge in [-0.05, 0) is 56.0 Å². The van der Waals surface area contributed by atoms with E-state index >= 15 is 0 Å². The average Bonchev–Trinajstić information content (AvgIpc) is 2.91. The largest absolute Gasteiger partial charge is 0.497 e. The number of likely N-dealkylation sites (tertiary alicyclic amines) is 1. The van der Waals surface area contributed by atoms with Crippen molar-refractivity contribution >= 4 is 17.7 Å². The summed E-state index contributed by atoms with van der Waals surface area (Å²) in [5.74, 6) is 3.15. The molecule has 0 aliphatic carbocycles. The molecule has 4 nitrogen and oxygen atoms in total. The minimum absolute atomic E-state index is 0.265. The normalized spacial score (nSPS) is 24.7. The minimum Gasteiger partial charge on any atom is -0.497 e. The summed E-state index contributed by atoms with van der Waals surface area (Å²) >= 11 is 1.60. The molecule has 0 unspecified atom stereocenters. The smallest absolute Gasteiger partial charge is 0.232 e. The van der Waals surface area contributed by atoms with Gasteiger partial charge in [0.2, 0.25) is 5.91 Å². The number of nitrogens with one attached hydrogen (secondary N) is 1. The Morgan fingerprint density at radius 1 is 1.32 bits per heavy atom. The topological polar surface area (TPSA) is 41.6 Å². The number of thioether (sulfide) groups is 1. The fourth-order valence-electron chi connectivity index (χ4n) is 3.39. The van der Waals surface area contributed by atoms with Gasteiger partial charge < -0.3 is 15.0 Å². The first kappa shape index (κ1) is 15.7. The lowest BCUT2D eigenvalue weighted by Gasteiger charge is -2.20. The van der Waals surface area contributed by atoms with Crippen molar-refractivity contribution in [3.05, 3.63) is 24.3 Å². The standard InChI is InChI=1S/C17H24N2O2S/c1-21-15-3-2-4-16(9-15)22-12-17(20)19-7-5-13-10-18-11-14(13)6-8-19/h2-4,9,13-14,18H,5-8,10-12H2,1H3/t13-,14+. The summed E-state index contributed by atoms with van der Waals surface area (Å²) in [5.41, 5.74) is 0. The van der Waals surface area contributed by atoms with E-state index in [2.05, 4.69) is 10.2 Å². The van der Waals surface area contributed by atoms with Gasteiger partial charge in [-0.1, -0.05) is 6.07 Å². The molecule has 1 aromatic carbocycles. The molecule has 0 bridgehead atoms. The maximum atomic E-state index is 12.5. The van der Waals surface area contributed by atoms with Gasteiger partial charge in [-0.3, -0.25) is 4.79 Å². The van der Waals surface area contributed by atoms with Crippen LogP contribution in [0.4, 0.5) is 0 Å². The van der Waals surface area contributed by atoms with Crippen molar-refractivity contribution in [1.29, 1.82) is 0 Å². The third-order valence-electron chi connectivity index (χ3n) is 4.78. The summed E-state index contributed by atoms with van der Waals surface area (Å²) in [6.45, 7) is 4.09. The Hall–Kier alpha value is -1.20. The molecule has 120 valence electrons. The number of hydrogen-bond donors (Lipinski definition) is 1. The lowest BCUT2D eigenvalue weighted by atomic mass is 9.92. The highest BCUT2D eigenvalue weighted by Crippen LogP contribution is 2.28. The van der Waals surface area contributed by atoms with Crippen molar-refractivity contribution in [3.8, 4) is 5.75 Å². The van der Waals surface area contributed by atoms with Crippen molar-refractivity contribution in [1.82, 2.24) is 10.2 Å². The van der Waals surface area contributed by atoms with Crippen LogP contribution < -0.4 is 10.1 Å². The van der Waals surface area contributed by atoms with Gasteiger partial charge in [0.05, 0.1) is 12.9 Å². The van der Waals surface area contributed by atoms with Gasteiger partial charge in [0.25, 0.3) is 0 Å². The number of benzene rings is 1. The van der Waals surface area contributed by atoms with E-state index in [1.165, 1.54) is 0 Å². The van der Waals surface area contributed by atoms with Crippen LogP contribution in [0.25, 0.3) is 0 Å². The lowest BCUT2D eigenvalue weighted by Crippen LogP contribution is -2.34. The van der Waals surface area contributed by atoms with Gasteiger partial charge in [0, 0.05) is 18.0 Å². The van der Waals surface area contributed by atoms with Gasteiger partial charge in [-0.2, -0.15) is 0 Å². The van der Waals surface area contributed by atoms with Crippen LogP contribution in [0.1, 0.15) is 12.8 Å². The van der Waals surface area contributed by atoms with Gasteiger partial charge in [-0.15, -0.1) is 11.8 Å². The van der Waals surface area contributed by atoms with E-state index in [1.807, 2.05) is 24.3 Å². The van der Waals surface area contributed by atoms with Crippen molar-refractivity contribution in [3.63, 3.8) is 0 Å². The maximum Gasteiger partial charge on any atom is 0.232 e. The highest BCUT2D eigenvalue weighted by molar-refractivity contribution is 8.00. The third kappa shape index (κ3) is 3.76. The highest BCUT2D eigenvalue weighted by atomic mass is 32.2. The van der Waals surface area contributed by atoms with E-state index in [1.54, 1.807) is 18.9 Å². The second-order valence-electron chi connectivity index (χ2n) is 6.10. The zero-order valence-electron chi connectivity index (χ0n) is 13.1. The van der Waals surface area contributed by atoms with Crippen molar-refractivity contribution in [2.45, 2.75) is 17.7 Å². The van der Waals surface area contributed by atoms with Crippen LogP contribution in [0.5, 0.6) is 5.75 Å². The summed E-state index contributed by atoms with van der Waals surface area (Å²) in [5, 5.41) is 3.47. The summed E-state index contributed by atoms with van der Waals surface area (Å²) in [6.07, 6.45) is 2.29. The number of methoxy groups -OCH3 is 1. The molecule has 0 saturated carbocycles. The Morgan fingerprint density at radius 3 is 2.73 bits per heavy atom. The molecule has 0 aromatic heterocycles. The SMILES string of the molecule is COc1cccc(SCC(=O)N2CC[C@@H]3CNC[C@@H]3CC2)c1. The van der Waals surface area contributed by atoms with E-state index < -0.39 is 0 Å². The van der Waals surface area contributed by atoms with E-state index in [0.29, 0.717) is 5.75 Å². The van der Waals surface area contributed by atoms with Crippen LogP contribution in [0.3, 0.4) is 0 Å². The number of fused-ring (bicyclic) bond motifs is 1. The van der Waals surface area contributed by atoms with Gasteiger partial charge in [0.15, 0.2) is 0 Å². The molecule has 2 aliphatic rings. The molecule has 0 radical (unpaired) electrons. The quantitative estimate of drug-likeness (QED) is 0.864. The number of amides is 1. The number of ether oxygens (including phenoxy) is 1. The fraction of sp³-hybridized carbons (Fsp3) is 0.588. The zero-order chi connectivity index (χ0) is 15.4. The summed E-state index contributed by atoms with van der Waals surface area (Å²) in [7, 11) is 1.66. The first-order valence-corrected chi connectivity index (χ1v) is 9.00. The minimum atomic E-state index is 0.265. The number of hydrogen-bond acceptors (Lipinski definition) is 4. The van der Waals surface area contributed by atoms with Crippen LogP contribution in [-0.2, 0) is 4.79 Å². The van der Waals surface area contributed by atoms with Crippen LogP contribution in [0.2, 0.25) is 0 Å². The number of rotatable bonds is 4. The number of carbonyl (C=O) groups is 1. The molecule has 1 N–H and O–H groups in total. The number of nitrogens with zero attached hydrogens (tertiary/aromatic N) is 1. The molecule has 1 amide bonds. The fourth-order valence-corrected chi connectivity index (χ4v) is 4.24. The third-order valence-corrected chi connectivity index (χ3v) is 5.75. The predicted molar refractivity (Wildman–Crippen MR) is 89.4 cm³/mol. The first-order chi connectivity index (χ1) is 10.8. The molecule has 3 rings (SSSR count).